The molecular weight excluding hydrogens is 306 g/mol. The average Bonchev–Trinajstić information content (AvgIpc) is 2.78. The van der Waals surface area contributed by atoms with Gasteiger partial charge in [0.05, 0.1) is 23.1 Å². The Morgan fingerprint density at radius 2 is 1.91 bits per heavy atom. The Labute approximate surface area is 128 Å². The number of nitrogens with one attached hydrogen (secondary N) is 2. The van der Waals surface area contributed by atoms with Crippen LogP contribution in [0.2, 0.25) is 0 Å². The Morgan fingerprint density at radius 3 is 2.45 bits per heavy atom. The summed E-state index contributed by atoms with van der Waals surface area (Å²) in [5.74, 6) is -1.01. The van der Waals surface area contributed by atoms with Gasteiger partial charge >= 0.3 is 0 Å². The molecule has 1 aromatic carbocycles. The number of benzene rings is 1. The molecule has 2 N–H and O–H groups in total. The number of amides is 2. The SMILES string of the molecule is N#Cc1ccc(NC(=O)CC(=O)NC2CCS(=O)(=O)C2)cc1. The zero-order chi connectivity index (χ0) is 16.2. The summed E-state index contributed by atoms with van der Waals surface area (Å²) in [4.78, 5) is 23.4. The monoisotopic (exact) mass is 321 g/mol. The number of sulfone groups is 1. The van der Waals surface area contributed by atoms with Crippen LogP contribution in [-0.4, -0.2) is 37.8 Å². The van der Waals surface area contributed by atoms with Crippen LogP contribution in [0.25, 0.3) is 0 Å². The molecule has 0 aliphatic carbocycles. The molecule has 1 fully saturated rings. The molecule has 0 bridgehead atoms. The van der Waals surface area contributed by atoms with Crippen LogP contribution in [0, 0.1) is 11.3 Å². The molecule has 1 atom stereocenters. The van der Waals surface area contributed by atoms with Crippen molar-refractivity contribution in [2.24, 2.45) is 0 Å². The molecule has 7 nitrogen and oxygen atoms in total. The van der Waals surface area contributed by atoms with Crippen LogP contribution in [0.3, 0.4) is 0 Å². The van der Waals surface area contributed by atoms with Crippen molar-refractivity contribution >= 4 is 27.3 Å². The number of anilines is 1. The van der Waals surface area contributed by atoms with Gasteiger partial charge in [-0.1, -0.05) is 0 Å². The first-order valence-electron chi connectivity index (χ1n) is 6.68. The number of hydrogen-bond acceptors (Lipinski definition) is 5. The minimum Gasteiger partial charge on any atom is -0.352 e. The molecule has 22 heavy (non-hydrogen) atoms. The van der Waals surface area contributed by atoms with Gasteiger partial charge in [-0.2, -0.15) is 5.26 Å². The van der Waals surface area contributed by atoms with Gasteiger partial charge in [-0.05, 0) is 30.7 Å². The fourth-order valence-corrected chi connectivity index (χ4v) is 3.84. The van der Waals surface area contributed by atoms with Crippen molar-refractivity contribution in [1.29, 1.82) is 5.26 Å². The molecule has 2 rings (SSSR count). The van der Waals surface area contributed by atoms with Gasteiger partial charge in [0, 0.05) is 11.7 Å². The molecule has 0 spiro atoms. The lowest BCUT2D eigenvalue weighted by molar-refractivity contribution is -0.127. The molecule has 2 amide bonds. The average molecular weight is 321 g/mol. The van der Waals surface area contributed by atoms with Gasteiger partial charge in [0.1, 0.15) is 6.42 Å². The van der Waals surface area contributed by atoms with Gasteiger partial charge in [-0.15, -0.1) is 0 Å². The van der Waals surface area contributed by atoms with Gasteiger partial charge in [0.25, 0.3) is 0 Å². The van der Waals surface area contributed by atoms with Crippen LogP contribution in [0.4, 0.5) is 5.69 Å². The van der Waals surface area contributed by atoms with Gasteiger partial charge in [-0.3, -0.25) is 9.59 Å². The van der Waals surface area contributed by atoms with Crippen molar-refractivity contribution in [2.75, 3.05) is 16.8 Å². The quantitative estimate of drug-likeness (QED) is 0.768. The Balaban J connectivity index is 1.81. The highest BCUT2D eigenvalue weighted by Crippen LogP contribution is 2.12. The van der Waals surface area contributed by atoms with E-state index in [4.69, 9.17) is 5.26 Å². The molecule has 0 saturated carbocycles. The standard InChI is InChI=1S/C14H15N3O4S/c15-8-10-1-3-11(4-2-10)16-13(18)7-14(19)17-12-5-6-22(20,21)9-12/h1-4,12H,5-7,9H2,(H,16,18)(H,17,19). The molecule has 1 unspecified atom stereocenters. The number of nitrogens with zero attached hydrogens (tertiary/aromatic N) is 1. The number of carbonyl (C=O) groups is 2. The van der Waals surface area contributed by atoms with E-state index in [0.717, 1.165) is 0 Å². The lowest BCUT2D eigenvalue weighted by atomic mass is 10.2. The third-order valence-electron chi connectivity index (χ3n) is 3.22. The summed E-state index contributed by atoms with van der Waals surface area (Å²) in [5, 5.41) is 13.8. The van der Waals surface area contributed by atoms with Crippen molar-refractivity contribution in [3.8, 4) is 6.07 Å². The van der Waals surface area contributed by atoms with Crippen molar-refractivity contribution in [1.82, 2.24) is 5.32 Å². The fourth-order valence-electron chi connectivity index (χ4n) is 2.17. The maximum atomic E-state index is 11.7. The first-order valence-corrected chi connectivity index (χ1v) is 8.50. The third-order valence-corrected chi connectivity index (χ3v) is 4.98. The summed E-state index contributed by atoms with van der Waals surface area (Å²) in [6.07, 6.45) is 0.00185. The smallest absolute Gasteiger partial charge is 0.233 e. The second-order valence-electron chi connectivity index (χ2n) is 5.08. The summed E-state index contributed by atoms with van der Waals surface area (Å²) < 4.78 is 22.6. The fraction of sp³-hybridized carbons (Fsp3) is 0.357. The summed E-state index contributed by atoms with van der Waals surface area (Å²) in [5.41, 5.74) is 0.957. The van der Waals surface area contributed by atoms with Gasteiger partial charge in [-0.25, -0.2) is 8.42 Å². The van der Waals surface area contributed by atoms with Crippen molar-refractivity contribution in [2.45, 2.75) is 18.9 Å². The van der Waals surface area contributed by atoms with E-state index in [-0.39, 0.29) is 17.9 Å². The predicted molar refractivity (Wildman–Crippen MR) is 79.6 cm³/mol. The second kappa shape index (κ2) is 6.58. The van der Waals surface area contributed by atoms with E-state index >= 15 is 0 Å². The van der Waals surface area contributed by atoms with E-state index in [0.29, 0.717) is 17.7 Å². The number of carbonyl (C=O) groups excluding carboxylic acids is 2. The van der Waals surface area contributed by atoms with Crippen molar-refractivity contribution in [3.63, 3.8) is 0 Å². The van der Waals surface area contributed by atoms with Gasteiger partial charge in [0.2, 0.25) is 11.8 Å². The molecule has 0 aromatic heterocycles. The zero-order valence-electron chi connectivity index (χ0n) is 11.7. The molecule has 1 aromatic rings. The highest BCUT2D eigenvalue weighted by Gasteiger charge is 2.29. The third kappa shape index (κ3) is 4.56. The lowest BCUT2D eigenvalue weighted by Gasteiger charge is -2.10. The van der Waals surface area contributed by atoms with E-state index in [1.807, 2.05) is 6.07 Å². The normalized spacial score (nSPS) is 19.1. The number of hydrogen-bond donors (Lipinski definition) is 2. The minimum atomic E-state index is -3.07. The molecule has 116 valence electrons. The van der Waals surface area contributed by atoms with E-state index in [9.17, 15) is 18.0 Å². The molecular formula is C14H15N3O4S. The highest BCUT2D eigenvalue weighted by molar-refractivity contribution is 7.91. The van der Waals surface area contributed by atoms with Crippen LogP contribution < -0.4 is 10.6 Å². The Kier molecular flexibility index (Phi) is 4.78. The van der Waals surface area contributed by atoms with E-state index in [2.05, 4.69) is 10.6 Å². The Morgan fingerprint density at radius 1 is 1.23 bits per heavy atom. The Bertz CT molecular complexity index is 719. The van der Waals surface area contributed by atoms with Crippen LogP contribution in [0.5, 0.6) is 0 Å². The lowest BCUT2D eigenvalue weighted by Crippen LogP contribution is -2.37. The predicted octanol–water partition coefficient (Wildman–Crippen LogP) is 0.190. The topological polar surface area (TPSA) is 116 Å². The Hall–Kier alpha value is -2.40. The second-order valence-corrected chi connectivity index (χ2v) is 7.31. The molecule has 1 aliphatic heterocycles. The van der Waals surface area contributed by atoms with Crippen LogP contribution >= 0.6 is 0 Å². The van der Waals surface area contributed by atoms with E-state index in [1.54, 1.807) is 24.3 Å². The highest BCUT2D eigenvalue weighted by atomic mass is 32.2. The maximum absolute atomic E-state index is 11.7. The van der Waals surface area contributed by atoms with Gasteiger partial charge in [0.15, 0.2) is 9.84 Å². The molecule has 1 heterocycles. The first-order chi connectivity index (χ1) is 10.4. The summed E-state index contributed by atoms with van der Waals surface area (Å²) >= 11 is 0. The van der Waals surface area contributed by atoms with E-state index in [1.165, 1.54) is 0 Å². The largest absolute Gasteiger partial charge is 0.352 e. The summed E-state index contributed by atoms with van der Waals surface area (Å²) in [6, 6.07) is 7.79. The summed E-state index contributed by atoms with van der Waals surface area (Å²) in [7, 11) is -3.07. The minimum absolute atomic E-state index is 0.0649. The van der Waals surface area contributed by atoms with Gasteiger partial charge < -0.3 is 10.6 Å². The summed E-state index contributed by atoms with van der Waals surface area (Å²) in [6.45, 7) is 0. The number of nitriles is 1. The number of rotatable bonds is 4. The molecule has 1 saturated heterocycles. The molecule has 0 radical (unpaired) electrons. The maximum Gasteiger partial charge on any atom is 0.233 e. The van der Waals surface area contributed by atoms with Crippen molar-refractivity contribution in [3.05, 3.63) is 29.8 Å². The zero-order valence-corrected chi connectivity index (χ0v) is 12.5. The van der Waals surface area contributed by atoms with Crippen molar-refractivity contribution < 1.29 is 18.0 Å². The van der Waals surface area contributed by atoms with Crippen LogP contribution in [-0.2, 0) is 19.4 Å². The molecule has 8 heteroatoms. The molecule has 1 aliphatic rings. The first kappa shape index (κ1) is 16.0. The van der Waals surface area contributed by atoms with E-state index < -0.39 is 27.7 Å². The van der Waals surface area contributed by atoms with Crippen LogP contribution in [0.1, 0.15) is 18.4 Å². The van der Waals surface area contributed by atoms with Crippen LogP contribution in [0.15, 0.2) is 24.3 Å².